The summed E-state index contributed by atoms with van der Waals surface area (Å²) in [4.78, 5) is 0. The maximum atomic E-state index is 9.87. The van der Waals surface area contributed by atoms with Crippen molar-refractivity contribution >= 4 is 7.81 Å². The Morgan fingerprint density at radius 2 is 0.550 bits per heavy atom. The maximum Gasteiger partial charge on any atom is 2.00 e. The summed E-state index contributed by atoms with van der Waals surface area (Å²) in [6, 6.07) is 0. The van der Waals surface area contributed by atoms with Crippen LogP contribution in [-0.2, 0) is 21.1 Å². The summed E-state index contributed by atoms with van der Waals surface area (Å²) in [5.74, 6) is 0. The molecule has 20 heavy (non-hydrogen) atoms. The molecule has 116 valence electrons. The van der Waals surface area contributed by atoms with E-state index in [1.165, 1.54) is 0 Å². The molecule has 0 amide bonds. The first-order valence-electron chi connectivity index (χ1n) is 5.05. The number of hydrogen-bond acceptors (Lipinski definition) is 0. The van der Waals surface area contributed by atoms with Gasteiger partial charge in [0.2, 0.25) is 0 Å². The molecule has 0 atom stereocenters. The van der Waals surface area contributed by atoms with Gasteiger partial charge in [0.15, 0.2) is 0 Å². The van der Waals surface area contributed by atoms with Crippen LogP contribution in [0.5, 0.6) is 0 Å². The van der Waals surface area contributed by atoms with Gasteiger partial charge in [0.05, 0.1) is 0 Å². The Bertz CT molecular complexity index is 168. The quantitative estimate of drug-likeness (QED) is 0.215. The minimum Gasteiger partial charge on any atom is -0.346 e. The molecule has 0 saturated heterocycles. The van der Waals surface area contributed by atoms with Gasteiger partial charge in [-0.1, -0.05) is 0 Å². The molecule has 8 heteroatoms. The van der Waals surface area contributed by atoms with Crippen LogP contribution in [0.4, 0.5) is 25.2 Å². The third kappa shape index (κ3) is 51.2. The standard InChI is InChI=1S/2C5H5.C2H5.F6P.W/c2*1-2-4-5-3-1;1-2;1-7(2,3,4,5)6;/h2*1-5H;1H2,2H3;;/q;;2*-1;+2. The summed E-state index contributed by atoms with van der Waals surface area (Å²) < 4.78 is 59.2. The van der Waals surface area contributed by atoms with Crippen LogP contribution in [0.25, 0.3) is 0 Å². The third-order valence-electron chi connectivity index (χ3n) is 1.11. The molecule has 0 spiro atoms. The van der Waals surface area contributed by atoms with Gasteiger partial charge in [0, 0.05) is 0 Å². The molecule has 0 aromatic rings. The fourth-order valence-corrected chi connectivity index (χ4v) is 0.642. The van der Waals surface area contributed by atoms with E-state index in [2.05, 4.69) is 6.92 Å². The molecule has 2 aliphatic carbocycles. The second-order valence-corrected chi connectivity index (χ2v) is 4.80. The van der Waals surface area contributed by atoms with Crippen LogP contribution in [0.3, 0.4) is 0 Å². The predicted molar refractivity (Wildman–Crippen MR) is 67.6 cm³/mol. The Hall–Kier alpha value is 0.698. The van der Waals surface area contributed by atoms with E-state index in [0.29, 0.717) is 0 Å². The van der Waals surface area contributed by atoms with Crippen LogP contribution in [0.2, 0.25) is 0 Å². The van der Waals surface area contributed by atoms with Gasteiger partial charge in [-0.25, -0.2) is 0 Å². The summed E-state index contributed by atoms with van der Waals surface area (Å²) in [5.41, 5.74) is 0. The SMILES string of the molecule is F[P-](F)(F)(F)(F)F.[CH2-]C.[CH]1[CH][CH][CH][CH]1.[CH]1[CH][CH][CH][CH]1.[W+2]. The average Bonchev–Trinajstić information content (AvgIpc) is 2.95. The normalized spacial score (nSPS) is 20.4. The molecule has 0 bridgehead atoms. The minimum atomic E-state index is -10.7. The summed E-state index contributed by atoms with van der Waals surface area (Å²) in [6.45, 7) is 5.00. The molecule has 0 nitrogen and oxygen atoms in total. The fourth-order valence-electron chi connectivity index (χ4n) is 0.642. The molecule has 0 unspecified atom stereocenters. The van der Waals surface area contributed by atoms with Crippen molar-refractivity contribution in [3.63, 3.8) is 0 Å². The maximum absolute atomic E-state index is 10.7. The van der Waals surface area contributed by atoms with Crippen molar-refractivity contribution in [2.24, 2.45) is 0 Å². The first-order valence-corrected chi connectivity index (χ1v) is 7.08. The van der Waals surface area contributed by atoms with Crippen LogP contribution in [0, 0.1) is 71.1 Å². The first-order chi connectivity index (χ1) is 8.45. The second kappa shape index (κ2) is 10.4. The van der Waals surface area contributed by atoms with Crippen LogP contribution in [-0.4, -0.2) is 0 Å². The Labute approximate surface area is 132 Å². The molecule has 0 aliphatic heterocycles. The Morgan fingerprint density at radius 1 is 0.500 bits per heavy atom. The van der Waals surface area contributed by atoms with Crippen molar-refractivity contribution < 1.29 is 46.2 Å². The van der Waals surface area contributed by atoms with Crippen LogP contribution < -0.4 is 0 Å². The van der Waals surface area contributed by atoms with Crippen molar-refractivity contribution in [2.75, 3.05) is 0 Å². The van der Waals surface area contributed by atoms with Gasteiger partial charge in [-0.2, -0.15) is 6.92 Å². The summed E-state index contributed by atoms with van der Waals surface area (Å²) >= 11 is 0. The Morgan fingerprint density at radius 3 is 0.600 bits per heavy atom. The number of rotatable bonds is 0. The van der Waals surface area contributed by atoms with E-state index >= 15 is 0 Å². The third-order valence-corrected chi connectivity index (χ3v) is 1.11. The smallest absolute Gasteiger partial charge is 0.346 e. The van der Waals surface area contributed by atoms with E-state index < -0.39 is 7.81 Å². The number of hydrogen-bond donors (Lipinski definition) is 0. The zero-order valence-corrected chi connectivity index (χ0v) is 14.4. The van der Waals surface area contributed by atoms with Crippen molar-refractivity contribution in [3.05, 3.63) is 71.1 Å². The molecule has 2 rings (SSSR count). The molecule has 0 aromatic heterocycles. The minimum absolute atomic E-state index is 0. The van der Waals surface area contributed by atoms with Crippen molar-refractivity contribution in [3.8, 4) is 0 Å². The van der Waals surface area contributed by atoms with Gasteiger partial charge in [-0.3, -0.25) is 0 Å². The van der Waals surface area contributed by atoms with Crippen molar-refractivity contribution in [1.82, 2.24) is 0 Å². The molecular formula is C12H15F6PW. The van der Waals surface area contributed by atoms with Gasteiger partial charge in [0.25, 0.3) is 0 Å². The Kier molecular flexibility index (Phi) is 13.4. The zero-order chi connectivity index (χ0) is 15.5. The second-order valence-electron chi connectivity index (χ2n) is 2.88. The van der Waals surface area contributed by atoms with Gasteiger partial charge in [-0.15, -0.1) is 0 Å². The molecule has 2 saturated carbocycles. The van der Waals surface area contributed by atoms with E-state index in [1.54, 1.807) is 6.92 Å². The van der Waals surface area contributed by atoms with E-state index in [0.717, 1.165) is 0 Å². The molecule has 0 heterocycles. The molecule has 2 fully saturated rings. The van der Waals surface area contributed by atoms with E-state index in [4.69, 9.17) is 0 Å². The summed E-state index contributed by atoms with van der Waals surface area (Å²) in [6.07, 6.45) is 20.0. The molecular weight excluding hydrogens is 473 g/mol. The van der Waals surface area contributed by atoms with Gasteiger partial charge in [0.1, 0.15) is 0 Å². The van der Waals surface area contributed by atoms with E-state index in [9.17, 15) is 25.2 Å². The molecule has 0 N–H and O–H groups in total. The first kappa shape index (κ1) is 25.6. The molecule has 0 aromatic carbocycles. The van der Waals surface area contributed by atoms with E-state index in [1.807, 2.05) is 64.2 Å². The largest absolute Gasteiger partial charge is 2.00 e. The van der Waals surface area contributed by atoms with Crippen LogP contribution >= 0.6 is 7.81 Å². The van der Waals surface area contributed by atoms with Crippen molar-refractivity contribution in [1.29, 1.82) is 0 Å². The van der Waals surface area contributed by atoms with Crippen LogP contribution in [0.15, 0.2) is 0 Å². The van der Waals surface area contributed by atoms with Gasteiger partial charge < -0.3 is 6.92 Å². The van der Waals surface area contributed by atoms with Gasteiger partial charge >= 0.3 is 54.1 Å². The fraction of sp³-hybridized carbons (Fsp3) is 0.0833. The van der Waals surface area contributed by atoms with Crippen molar-refractivity contribution in [2.45, 2.75) is 6.92 Å². The molecule has 10 radical (unpaired) electrons. The van der Waals surface area contributed by atoms with Crippen LogP contribution in [0.1, 0.15) is 6.92 Å². The Balaban J connectivity index is -0.000000201. The zero-order valence-electron chi connectivity index (χ0n) is 10.6. The summed E-state index contributed by atoms with van der Waals surface area (Å²) in [7, 11) is -10.7. The topological polar surface area (TPSA) is 0 Å². The van der Waals surface area contributed by atoms with Gasteiger partial charge in [-0.05, 0) is 64.2 Å². The summed E-state index contributed by atoms with van der Waals surface area (Å²) in [5, 5.41) is 0. The van der Waals surface area contributed by atoms with E-state index in [-0.39, 0.29) is 21.1 Å². The molecule has 2 aliphatic rings. The number of halogens is 6. The average molecular weight is 488 g/mol. The monoisotopic (exact) mass is 488 g/mol. The predicted octanol–water partition coefficient (Wildman–Crippen LogP) is 6.26.